The Morgan fingerprint density at radius 3 is 2.03 bits per heavy atom. The predicted molar refractivity (Wildman–Crippen MR) is 112 cm³/mol. The van der Waals surface area contributed by atoms with E-state index in [0.29, 0.717) is 5.56 Å². The quantitative estimate of drug-likeness (QED) is 0.501. The molecule has 2 aromatic carbocycles. The molecule has 0 aliphatic carbocycles. The Balaban J connectivity index is 2.26. The molecule has 0 spiro atoms. The zero-order valence-corrected chi connectivity index (χ0v) is 17.2. The molecule has 0 aromatic heterocycles. The SMILES string of the molecule is CC(C)(C)OC(=O)NCC(C(=O)Nc1cc([N+](=O)[O-])cc([N+](=O)[O-])c1)c1ccccc1. The Kier molecular flexibility index (Phi) is 7.24. The van der Waals surface area contributed by atoms with Gasteiger partial charge in [0.25, 0.3) is 11.4 Å². The minimum atomic E-state index is -0.882. The molecule has 1 atom stereocenters. The summed E-state index contributed by atoms with van der Waals surface area (Å²) >= 11 is 0. The molecule has 11 heteroatoms. The summed E-state index contributed by atoms with van der Waals surface area (Å²) in [5, 5.41) is 27.1. The van der Waals surface area contributed by atoms with Gasteiger partial charge in [0.2, 0.25) is 5.91 Å². The second-order valence-corrected chi connectivity index (χ2v) is 7.59. The Bertz CT molecular complexity index is 955. The number of alkyl carbamates (subject to hydrolysis) is 1. The fourth-order valence-corrected chi connectivity index (χ4v) is 2.65. The first-order chi connectivity index (χ1) is 14.5. The minimum absolute atomic E-state index is 0.107. The van der Waals surface area contributed by atoms with Crippen molar-refractivity contribution in [2.24, 2.45) is 0 Å². The van der Waals surface area contributed by atoms with E-state index in [1.807, 2.05) is 0 Å². The maximum absolute atomic E-state index is 12.9. The van der Waals surface area contributed by atoms with Crippen LogP contribution in [0.1, 0.15) is 32.3 Å². The van der Waals surface area contributed by atoms with E-state index in [9.17, 15) is 29.8 Å². The summed E-state index contributed by atoms with van der Waals surface area (Å²) in [5.74, 6) is -1.50. The number of rotatable bonds is 7. The maximum Gasteiger partial charge on any atom is 0.407 e. The van der Waals surface area contributed by atoms with Crippen LogP contribution < -0.4 is 10.6 Å². The smallest absolute Gasteiger partial charge is 0.407 e. The first-order valence-corrected chi connectivity index (χ1v) is 9.23. The van der Waals surface area contributed by atoms with Gasteiger partial charge in [-0.1, -0.05) is 30.3 Å². The third-order valence-electron chi connectivity index (χ3n) is 3.96. The maximum atomic E-state index is 12.9. The van der Waals surface area contributed by atoms with E-state index >= 15 is 0 Å². The van der Waals surface area contributed by atoms with Crippen molar-refractivity contribution in [3.05, 3.63) is 74.3 Å². The van der Waals surface area contributed by atoms with Gasteiger partial charge >= 0.3 is 6.09 Å². The average Bonchev–Trinajstić information content (AvgIpc) is 2.67. The van der Waals surface area contributed by atoms with Crippen LogP contribution in [0.15, 0.2) is 48.5 Å². The van der Waals surface area contributed by atoms with Gasteiger partial charge in [0, 0.05) is 18.7 Å². The van der Waals surface area contributed by atoms with E-state index < -0.39 is 44.7 Å². The van der Waals surface area contributed by atoms with E-state index in [-0.39, 0.29) is 12.2 Å². The zero-order chi connectivity index (χ0) is 23.2. The number of benzene rings is 2. The second kappa shape index (κ2) is 9.65. The van der Waals surface area contributed by atoms with Crippen LogP contribution >= 0.6 is 0 Å². The molecule has 2 rings (SSSR count). The van der Waals surface area contributed by atoms with Crippen molar-refractivity contribution in [3.8, 4) is 0 Å². The van der Waals surface area contributed by atoms with Gasteiger partial charge in [-0.25, -0.2) is 4.79 Å². The monoisotopic (exact) mass is 430 g/mol. The first kappa shape index (κ1) is 23.3. The number of carbonyl (C=O) groups excluding carboxylic acids is 2. The molecule has 164 valence electrons. The highest BCUT2D eigenvalue weighted by Crippen LogP contribution is 2.27. The first-order valence-electron chi connectivity index (χ1n) is 9.23. The molecule has 0 fully saturated rings. The molecule has 0 radical (unpaired) electrons. The number of anilines is 1. The van der Waals surface area contributed by atoms with Gasteiger partial charge < -0.3 is 15.4 Å². The van der Waals surface area contributed by atoms with Crippen LogP contribution in [0.2, 0.25) is 0 Å². The summed E-state index contributed by atoms with van der Waals surface area (Å²) in [6.45, 7) is 4.97. The summed E-state index contributed by atoms with van der Waals surface area (Å²) < 4.78 is 5.17. The number of amides is 2. The molecular formula is C20H22N4O7. The molecule has 0 aliphatic rings. The van der Waals surface area contributed by atoms with Gasteiger partial charge in [-0.2, -0.15) is 0 Å². The van der Waals surface area contributed by atoms with Crippen molar-refractivity contribution < 1.29 is 24.2 Å². The highest BCUT2D eigenvalue weighted by atomic mass is 16.6. The molecule has 11 nitrogen and oxygen atoms in total. The molecule has 2 aromatic rings. The molecular weight excluding hydrogens is 408 g/mol. The number of nitrogens with one attached hydrogen (secondary N) is 2. The number of carbonyl (C=O) groups is 2. The molecule has 2 amide bonds. The summed E-state index contributed by atoms with van der Waals surface area (Å²) in [4.78, 5) is 45.5. The minimum Gasteiger partial charge on any atom is -0.444 e. The highest BCUT2D eigenvalue weighted by molar-refractivity contribution is 5.96. The predicted octanol–water partition coefficient (Wildman–Crippen LogP) is 3.75. The molecule has 0 aliphatic heterocycles. The standard InChI is InChI=1S/C20H22N4O7/c1-20(2,3)31-19(26)21-12-17(13-7-5-4-6-8-13)18(25)22-14-9-15(23(27)28)11-16(10-14)24(29)30/h4-11,17H,12H2,1-3H3,(H,21,26)(H,22,25). The lowest BCUT2D eigenvalue weighted by Crippen LogP contribution is -2.37. The molecule has 0 saturated carbocycles. The van der Waals surface area contributed by atoms with Gasteiger partial charge in [-0.3, -0.25) is 25.0 Å². The topological polar surface area (TPSA) is 154 Å². The van der Waals surface area contributed by atoms with Gasteiger partial charge in [0.15, 0.2) is 0 Å². The Morgan fingerprint density at radius 1 is 1.00 bits per heavy atom. The summed E-state index contributed by atoms with van der Waals surface area (Å²) in [6, 6.07) is 11.4. The second-order valence-electron chi connectivity index (χ2n) is 7.59. The van der Waals surface area contributed by atoms with Gasteiger partial charge in [0.1, 0.15) is 5.60 Å². The number of nitro groups is 2. The molecule has 0 heterocycles. The van der Waals surface area contributed by atoms with Crippen LogP contribution in [0.3, 0.4) is 0 Å². The zero-order valence-electron chi connectivity index (χ0n) is 17.2. The van der Waals surface area contributed by atoms with Gasteiger partial charge in [0.05, 0.1) is 27.5 Å². The Labute approximate surface area is 177 Å². The van der Waals surface area contributed by atoms with Crippen molar-refractivity contribution >= 4 is 29.1 Å². The average molecular weight is 430 g/mol. The van der Waals surface area contributed by atoms with Crippen LogP contribution in [-0.4, -0.2) is 34.0 Å². The Hall–Kier alpha value is -4.02. The lowest BCUT2D eigenvalue weighted by atomic mass is 9.98. The van der Waals surface area contributed by atoms with Crippen molar-refractivity contribution in [1.82, 2.24) is 5.32 Å². The van der Waals surface area contributed by atoms with Crippen molar-refractivity contribution in [3.63, 3.8) is 0 Å². The van der Waals surface area contributed by atoms with E-state index in [2.05, 4.69) is 10.6 Å². The molecule has 0 saturated heterocycles. The number of nitrogens with zero attached hydrogens (tertiary/aromatic N) is 2. The van der Waals surface area contributed by atoms with Crippen molar-refractivity contribution in [2.75, 3.05) is 11.9 Å². The van der Waals surface area contributed by atoms with Crippen molar-refractivity contribution in [2.45, 2.75) is 32.3 Å². The fraction of sp³-hybridized carbons (Fsp3) is 0.300. The number of ether oxygens (including phenoxy) is 1. The van der Waals surface area contributed by atoms with E-state index in [1.165, 1.54) is 0 Å². The number of hydrogen-bond acceptors (Lipinski definition) is 7. The molecule has 2 N–H and O–H groups in total. The largest absolute Gasteiger partial charge is 0.444 e. The molecule has 31 heavy (non-hydrogen) atoms. The van der Waals surface area contributed by atoms with Crippen molar-refractivity contribution in [1.29, 1.82) is 0 Å². The van der Waals surface area contributed by atoms with E-state index in [1.54, 1.807) is 51.1 Å². The van der Waals surface area contributed by atoms with Crippen LogP contribution in [0.5, 0.6) is 0 Å². The fourth-order valence-electron chi connectivity index (χ4n) is 2.65. The highest BCUT2D eigenvalue weighted by Gasteiger charge is 2.25. The lowest BCUT2D eigenvalue weighted by Gasteiger charge is -2.22. The third kappa shape index (κ3) is 7.07. The summed E-state index contributed by atoms with van der Waals surface area (Å²) in [5.41, 5.74) is -1.34. The van der Waals surface area contributed by atoms with Crippen LogP contribution in [-0.2, 0) is 9.53 Å². The van der Waals surface area contributed by atoms with E-state index in [0.717, 1.165) is 18.2 Å². The normalized spacial score (nSPS) is 11.8. The number of non-ortho nitro benzene ring substituents is 2. The molecule has 0 bridgehead atoms. The third-order valence-corrected chi connectivity index (χ3v) is 3.96. The van der Waals surface area contributed by atoms with Crippen LogP contribution in [0, 0.1) is 20.2 Å². The lowest BCUT2D eigenvalue weighted by molar-refractivity contribution is -0.394. The van der Waals surface area contributed by atoms with E-state index in [4.69, 9.17) is 4.74 Å². The molecule has 1 unspecified atom stereocenters. The van der Waals surface area contributed by atoms with Gasteiger partial charge in [-0.15, -0.1) is 0 Å². The summed E-state index contributed by atoms with van der Waals surface area (Å²) in [7, 11) is 0. The summed E-state index contributed by atoms with van der Waals surface area (Å²) in [6.07, 6.45) is -0.716. The number of nitro benzene ring substituents is 2. The van der Waals surface area contributed by atoms with Crippen LogP contribution in [0.4, 0.5) is 21.9 Å². The Morgan fingerprint density at radius 2 is 1.55 bits per heavy atom. The number of hydrogen-bond donors (Lipinski definition) is 2. The van der Waals surface area contributed by atoms with Crippen LogP contribution in [0.25, 0.3) is 0 Å². The van der Waals surface area contributed by atoms with Gasteiger partial charge in [-0.05, 0) is 26.3 Å².